The number of ether oxygens (including phenoxy) is 1. The van der Waals surface area contributed by atoms with Gasteiger partial charge in [0.2, 0.25) is 5.95 Å². The standard InChI is InChI=1S/C25H21N3O3/c1-17(29)18-11-13-19(14-12-18)24(30)27-25-26-23(20-7-6-10-22(15-20)31-2)16-28(25)21-8-4-3-5-9-21/h3-16H,1-2H3,(H,26,27,30). The smallest absolute Gasteiger partial charge is 0.257 e. The van der Waals surface area contributed by atoms with E-state index in [0.29, 0.717) is 22.8 Å². The first kappa shape index (κ1) is 20.1. The minimum atomic E-state index is -0.310. The number of nitrogens with one attached hydrogen (secondary N) is 1. The quantitative estimate of drug-likeness (QED) is 0.453. The average molecular weight is 411 g/mol. The zero-order valence-corrected chi connectivity index (χ0v) is 17.2. The van der Waals surface area contributed by atoms with E-state index in [0.717, 1.165) is 17.0 Å². The van der Waals surface area contributed by atoms with Crippen LogP contribution >= 0.6 is 0 Å². The number of nitrogens with zero attached hydrogens (tertiary/aromatic N) is 2. The van der Waals surface area contributed by atoms with Crippen LogP contribution in [0.1, 0.15) is 27.6 Å². The van der Waals surface area contributed by atoms with Crippen molar-refractivity contribution in [3.05, 3.63) is 96.2 Å². The first-order valence-electron chi connectivity index (χ1n) is 9.77. The molecule has 0 unspecified atom stereocenters. The second-order valence-electron chi connectivity index (χ2n) is 6.97. The van der Waals surface area contributed by atoms with E-state index in [1.54, 1.807) is 31.4 Å². The van der Waals surface area contributed by atoms with Crippen molar-refractivity contribution >= 4 is 17.6 Å². The van der Waals surface area contributed by atoms with Gasteiger partial charge in [-0.3, -0.25) is 19.5 Å². The normalized spacial score (nSPS) is 10.5. The number of rotatable bonds is 6. The Kier molecular flexibility index (Phi) is 5.62. The second kappa shape index (κ2) is 8.67. The predicted octanol–water partition coefficient (Wildman–Crippen LogP) is 5.00. The van der Waals surface area contributed by atoms with Crippen molar-refractivity contribution in [1.29, 1.82) is 0 Å². The topological polar surface area (TPSA) is 73.2 Å². The molecule has 6 heteroatoms. The number of carbonyl (C=O) groups is 2. The zero-order chi connectivity index (χ0) is 21.8. The first-order valence-corrected chi connectivity index (χ1v) is 9.77. The Bertz CT molecular complexity index is 1230. The summed E-state index contributed by atoms with van der Waals surface area (Å²) in [6, 6.07) is 23.8. The van der Waals surface area contributed by atoms with Crippen molar-refractivity contribution in [2.45, 2.75) is 6.92 Å². The van der Waals surface area contributed by atoms with Crippen molar-refractivity contribution in [2.75, 3.05) is 12.4 Å². The molecule has 1 amide bonds. The molecule has 0 fully saturated rings. The molecule has 154 valence electrons. The molecular formula is C25H21N3O3. The Morgan fingerprint density at radius 2 is 1.61 bits per heavy atom. The molecule has 3 aromatic carbocycles. The van der Waals surface area contributed by atoms with Crippen LogP contribution in [0.4, 0.5) is 5.95 Å². The van der Waals surface area contributed by atoms with Crippen LogP contribution < -0.4 is 10.1 Å². The Morgan fingerprint density at radius 1 is 0.903 bits per heavy atom. The maximum absolute atomic E-state index is 12.9. The lowest BCUT2D eigenvalue weighted by Crippen LogP contribution is -2.15. The van der Waals surface area contributed by atoms with Gasteiger partial charge in [-0.2, -0.15) is 0 Å². The van der Waals surface area contributed by atoms with Crippen LogP contribution in [0.5, 0.6) is 5.75 Å². The van der Waals surface area contributed by atoms with Crippen molar-refractivity contribution in [1.82, 2.24) is 9.55 Å². The summed E-state index contributed by atoms with van der Waals surface area (Å²) in [5.74, 6) is 0.761. The second-order valence-corrected chi connectivity index (χ2v) is 6.97. The van der Waals surface area contributed by atoms with Gasteiger partial charge in [0.05, 0.1) is 12.8 Å². The van der Waals surface area contributed by atoms with E-state index in [4.69, 9.17) is 4.74 Å². The molecule has 4 aromatic rings. The molecule has 4 rings (SSSR count). The third-order valence-corrected chi connectivity index (χ3v) is 4.88. The van der Waals surface area contributed by atoms with Crippen LogP contribution in [-0.2, 0) is 0 Å². The Balaban J connectivity index is 1.70. The van der Waals surface area contributed by atoms with E-state index < -0.39 is 0 Å². The number of ketones is 1. The largest absolute Gasteiger partial charge is 0.497 e. The van der Waals surface area contributed by atoms with Crippen LogP contribution in [0.3, 0.4) is 0 Å². The minimum Gasteiger partial charge on any atom is -0.497 e. The molecular weight excluding hydrogens is 390 g/mol. The molecule has 0 bridgehead atoms. The fraction of sp³-hybridized carbons (Fsp3) is 0.0800. The maximum atomic E-state index is 12.9. The SMILES string of the molecule is COc1cccc(-c2cn(-c3ccccc3)c(NC(=O)c3ccc(C(C)=O)cc3)n2)c1. The average Bonchev–Trinajstić information content (AvgIpc) is 3.23. The van der Waals surface area contributed by atoms with Crippen LogP contribution in [0, 0.1) is 0 Å². The van der Waals surface area contributed by atoms with Crippen molar-refractivity contribution < 1.29 is 14.3 Å². The van der Waals surface area contributed by atoms with Gasteiger partial charge in [-0.15, -0.1) is 0 Å². The molecule has 1 N–H and O–H groups in total. The lowest BCUT2D eigenvalue weighted by Gasteiger charge is -2.09. The summed E-state index contributed by atoms with van der Waals surface area (Å²) in [6.45, 7) is 1.49. The molecule has 0 atom stereocenters. The number of Topliss-reactive ketones (excluding diaryl/α,β-unsaturated/α-hetero) is 1. The molecule has 0 saturated heterocycles. The number of carbonyl (C=O) groups excluding carboxylic acids is 2. The Labute approximate surface area is 180 Å². The molecule has 0 saturated carbocycles. The first-order chi connectivity index (χ1) is 15.0. The summed E-state index contributed by atoms with van der Waals surface area (Å²) in [6.07, 6.45) is 1.87. The van der Waals surface area contributed by atoms with Crippen LogP contribution in [-0.4, -0.2) is 28.4 Å². The van der Waals surface area contributed by atoms with E-state index in [2.05, 4.69) is 10.3 Å². The number of methoxy groups -OCH3 is 1. The minimum absolute atomic E-state index is 0.0468. The third-order valence-electron chi connectivity index (χ3n) is 4.88. The molecule has 0 radical (unpaired) electrons. The molecule has 0 spiro atoms. The summed E-state index contributed by atoms with van der Waals surface area (Å²) in [7, 11) is 1.62. The van der Waals surface area contributed by atoms with Crippen molar-refractivity contribution in [3.63, 3.8) is 0 Å². The van der Waals surface area contributed by atoms with E-state index >= 15 is 0 Å². The number of aromatic nitrogens is 2. The maximum Gasteiger partial charge on any atom is 0.257 e. The number of para-hydroxylation sites is 1. The molecule has 1 aromatic heterocycles. The van der Waals surface area contributed by atoms with E-state index in [9.17, 15) is 9.59 Å². The molecule has 0 aliphatic carbocycles. The molecule has 1 heterocycles. The predicted molar refractivity (Wildman–Crippen MR) is 120 cm³/mol. The van der Waals surface area contributed by atoms with Gasteiger partial charge in [0.15, 0.2) is 5.78 Å². The number of anilines is 1. The number of hydrogen-bond acceptors (Lipinski definition) is 4. The van der Waals surface area contributed by atoms with Gasteiger partial charge in [0.1, 0.15) is 5.75 Å². The Hall–Kier alpha value is -4.19. The van der Waals surface area contributed by atoms with E-state index in [-0.39, 0.29) is 11.7 Å². The van der Waals surface area contributed by atoms with Crippen molar-refractivity contribution in [2.24, 2.45) is 0 Å². The monoisotopic (exact) mass is 411 g/mol. The summed E-state index contributed by atoms with van der Waals surface area (Å²) in [5.41, 5.74) is 3.44. The summed E-state index contributed by atoms with van der Waals surface area (Å²) < 4.78 is 7.15. The van der Waals surface area contributed by atoms with Gasteiger partial charge < -0.3 is 4.74 Å². The van der Waals surface area contributed by atoms with Gasteiger partial charge in [-0.1, -0.05) is 42.5 Å². The van der Waals surface area contributed by atoms with Crippen LogP contribution in [0.15, 0.2) is 85.1 Å². The molecule has 31 heavy (non-hydrogen) atoms. The van der Waals surface area contributed by atoms with Gasteiger partial charge >= 0.3 is 0 Å². The van der Waals surface area contributed by atoms with Crippen molar-refractivity contribution in [3.8, 4) is 22.7 Å². The van der Waals surface area contributed by atoms with Gasteiger partial charge in [0, 0.05) is 28.6 Å². The van der Waals surface area contributed by atoms with Gasteiger partial charge in [0.25, 0.3) is 5.91 Å². The fourth-order valence-electron chi connectivity index (χ4n) is 3.21. The third kappa shape index (κ3) is 4.38. The molecule has 6 nitrogen and oxygen atoms in total. The highest BCUT2D eigenvalue weighted by Crippen LogP contribution is 2.27. The van der Waals surface area contributed by atoms with Gasteiger partial charge in [-0.25, -0.2) is 4.98 Å². The van der Waals surface area contributed by atoms with Gasteiger partial charge in [-0.05, 0) is 43.3 Å². The van der Waals surface area contributed by atoms with E-state index in [1.165, 1.54) is 6.92 Å². The number of amides is 1. The van der Waals surface area contributed by atoms with Crippen LogP contribution in [0.2, 0.25) is 0 Å². The molecule has 0 aliphatic heterocycles. The highest BCUT2D eigenvalue weighted by molar-refractivity contribution is 6.04. The zero-order valence-electron chi connectivity index (χ0n) is 17.2. The van der Waals surface area contributed by atoms with E-state index in [1.807, 2.05) is 65.4 Å². The number of benzene rings is 3. The lowest BCUT2D eigenvalue weighted by atomic mass is 10.1. The Morgan fingerprint density at radius 3 is 2.29 bits per heavy atom. The highest BCUT2D eigenvalue weighted by Gasteiger charge is 2.15. The molecule has 0 aliphatic rings. The summed E-state index contributed by atoms with van der Waals surface area (Å²) >= 11 is 0. The summed E-state index contributed by atoms with van der Waals surface area (Å²) in [5, 5.41) is 2.89. The highest BCUT2D eigenvalue weighted by atomic mass is 16.5. The number of hydrogen-bond donors (Lipinski definition) is 1. The van der Waals surface area contributed by atoms with Crippen LogP contribution in [0.25, 0.3) is 16.9 Å². The lowest BCUT2D eigenvalue weighted by molar-refractivity contribution is 0.100. The fourth-order valence-corrected chi connectivity index (χ4v) is 3.21. The summed E-state index contributed by atoms with van der Waals surface area (Å²) in [4.78, 5) is 29.0. The number of imidazole rings is 1.